The smallest absolute Gasteiger partial charge is 0.335 e. The Morgan fingerprint density at radius 1 is 1.35 bits per heavy atom. The summed E-state index contributed by atoms with van der Waals surface area (Å²) in [5.41, 5.74) is 0.798. The number of carbonyl (C=O) groups excluding carboxylic acids is 1. The highest BCUT2D eigenvalue weighted by Crippen LogP contribution is 2.20. The number of carboxylic acid groups (broad SMARTS) is 1. The molecule has 0 aliphatic carbocycles. The van der Waals surface area contributed by atoms with Gasteiger partial charge < -0.3 is 10.4 Å². The van der Waals surface area contributed by atoms with Gasteiger partial charge in [0.1, 0.15) is 6.04 Å². The first-order valence-corrected chi connectivity index (χ1v) is 9.20. The molecular weight excluding hydrogens is 320 g/mol. The molecule has 1 atom stereocenters. The lowest BCUT2D eigenvalue weighted by Crippen LogP contribution is -2.51. The van der Waals surface area contributed by atoms with E-state index in [-0.39, 0.29) is 18.0 Å². The predicted octanol–water partition coefficient (Wildman–Crippen LogP) is 0.815. The summed E-state index contributed by atoms with van der Waals surface area (Å²) in [5, 5.41) is 11.7. The van der Waals surface area contributed by atoms with Gasteiger partial charge in [-0.15, -0.1) is 0 Å². The molecule has 2 N–H and O–H groups in total. The molecule has 23 heavy (non-hydrogen) atoms. The first-order chi connectivity index (χ1) is 10.8. The molecular formula is C15H20N2O5S. The number of hydrogen-bond acceptors (Lipinski definition) is 4. The lowest BCUT2D eigenvalue weighted by atomic mass is 10.0. The van der Waals surface area contributed by atoms with Crippen LogP contribution >= 0.6 is 0 Å². The Hall–Kier alpha value is -1.93. The maximum atomic E-state index is 12.3. The summed E-state index contributed by atoms with van der Waals surface area (Å²) in [4.78, 5) is 23.2. The molecule has 126 valence electrons. The number of amides is 1. The molecule has 0 unspecified atom stereocenters. The van der Waals surface area contributed by atoms with E-state index < -0.39 is 22.0 Å². The van der Waals surface area contributed by atoms with Crippen molar-refractivity contribution in [3.05, 3.63) is 35.4 Å². The highest BCUT2D eigenvalue weighted by molar-refractivity contribution is 7.88. The van der Waals surface area contributed by atoms with Crippen LogP contribution in [-0.2, 0) is 21.4 Å². The van der Waals surface area contributed by atoms with Gasteiger partial charge >= 0.3 is 5.97 Å². The summed E-state index contributed by atoms with van der Waals surface area (Å²) in [7, 11) is -3.43. The summed E-state index contributed by atoms with van der Waals surface area (Å²) in [5.74, 6) is -1.38. The number of benzene rings is 1. The molecule has 8 heteroatoms. The second-order valence-corrected chi connectivity index (χ2v) is 7.54. The van der Waals surface area contributed by atoms with E-state index in [4.69, 9.17) is 5.11 Å². The van der Waals surface area contributed by atoms with Gasteiger partial charge in [-0.05, 0) is 30.5 Å². The molecule has 1 amide bonds. The number of aromatic carboxylic acids is 1. The van der Waals surface area contributed by atoms with E-state index in [9.17, 15) is 18.0 Å². The zero-order valence-corrected chi connectivity index (χ0v) is 13.7. The van der Waals surface area contributed by atoms with E-state index in [0.717, 1.165) is 19.1 Å². The summed E-state index contributed by atoms with van der Waals surface area (Å²) in [6, 6.07) is 5.58. The number of sulfonamides is 1. The summed E-state index contributed by atoms with van der Waals surface area (Å²) < 4.78 is 24.8. The second-order valence-electron chi connectivity index (χ2n) is 5.61. The quantitative estimate of drug-likeness (QED) is 0.826. The molecule has 2 rings (SSSR count). The van der Waals surface area contributed by atoms with Crippen molar-refractivity contribution < 1.29 is 23.1 Å². The zero-order valence-electron chi connectivity index (χ0n) is 12.9. The molecule has 1 aliphatic rings. The van der Waals surface area contributed by atoms with E-state index in [1.807, 2.05) is 0 Å². The van der Waals surface area contributed by atoms with Crippen molar-refractivity contribution in [2.75, 3.05) is 12.8 Å². The van der Waals surface area contributed by atoms with Crippen LogP contribution in [0.1, 0.15) is 35.2 Å². The molecule has 0 aromatic heterocycles. The third-order valence-electron chi connectivity index (χ3n) is 3.82. The first-order valence-electron chi connectivity index (χ1n) is 7.36. The van der Waals surface area contributed by atoms with Gasteiger partial charge in [0.15, 0.2) is 0 Å². The molecule has 1 aromatic rings. The van der Waals surface area contributed by atoms with E-state index in [1.54, 1.807) is 12.1 Å². The van der Waals surface area contributed by atoms with Gasteiger partial charge in [0.25, 0.3) is 0 Å². The van der Waals surface area contributed by atoms with E-state index in [0.29, 0.717) is 18.5 Å². The molecule has 0 radical (unpaired) electrons. The van der Waals surface area contributed by atoms with Crippen molar-refractivity contribution in [2.24, 2.45) is 0 Å². The highest BCUT2D eigenvalue weighted by atomic mass is 32.2. The number of piperidine rings is 1. The van der Waals surface area contributed by atoms with Crippen molar-refractivity contribution in [1.29, 1.82) is 0 Å². The van der Waals surface area contributed by atoms with Crippen molar-refractivity contribution in [2.45, 2.75) is 31.8 Å². The molecule has 1 heterocycles. The Kier molecular flexibility index (Phi) is 5.38. The van der Waals surface area contributed by atoms with Crippen LogP contribution in [-0.4, -0.2) is 48.5 Å². The molecule has 0 spiro atoms. The Morgan fingerprint density at radius 2 is 2.09 bits per heavy atom. The fourth-order valence-corrected chi connectivity index (χ4v) is 3.81. The van der Waals surface area contributed by atoms with Crippen LogP contribution in [0.25, 0.3) is 0 Å². The summed E-state index contributed by atoms with van der Waals surface area (Å²) >= 11 is 0. The lowest BCUT2D eigenvalue weighted by molar-refractivity contribution is -0.125. The normalized spacial score (nSPS) is 19.3. The summed E-state index contributed by atoms with van der Waals surface area (Å²) in [6.45, 7) is 0.513. The second kappa shape index (κ2) is 7.10. The van der Waals surface area contributed by atoms with Crippen molar-refractivity contribution in [1.82, 2.24) is 9.62 Å². The number of carbonyl (C=O) groups is 2. The third-order valence-corrected chi connectivity index (χ3v) is 5.11. The fourth-order valence-electron chi connectivity index (χ4n) is 2.69. The van der Waals surface area contributed by atoms with Crippen LogP contribution in [0.15, 0.2) is 24.3 Å². The fraction of sp³-hybridized carbons (Fsp3) is 0.467. The topological polar surface area (TPSA) is 104 Å². The first kappa shape index (κ1) is 17.4. The summed E-state index contributed by atoms with van der Waals surface area (Å²) in [6.07, 6.45) is 3.15. The number of carboxylic acids is 1. The standard InChI is InChI=1S/C15H20N2O5S/c1-23(21,22)17-8-3-2-7-13(17)14(18)16-10-11-5-4-6-12(9-11)15(19)20/h4-6,9,13H,2-3,7-8,10H2,1H3,(H,16,18)(H,19,20)/t13-/m1/s1. The largest absolute Gasteiger partial charge is 0.478 e. The molecule has 1 aromatic carbocycles. The monoisotopic (exact) mass is 340 g/mol. The van der Waals surface area contributed by atoms with Crippen LogP contribution in [0.2, 0.25) is 0 Å². The average Bonchev–Trinajstić information content (AvgIpc) is 2.52. The maximum absolute atomic E-state index is 12.3. The van der Waals surface area contributed by atoms with Crippen molar-refractivity contribution >= 4 is 21.9 Å². The van der Waals surface area contributed by atoms with Gasteiger partial charge in [0.05, 0.1) is 11.8 Å². The van der Waals surface area contributed by atoms with Crippen LogP contribution in [0, 0.1) is 0 Å². The molecule has 0 bridgehead atoms. The molecule has 1 saturated heterocycles. The minimum absolute atomic E-state index is 0.146. The van der Waals surface area contributed by atoms with Crippen LogP contribution < -0.4 is 5.32 Å². The highest BCUT2D eigenvalue weighted by Gasteiger charge is 2.34. The molecule has 1 fully saturated rings. The van der Waals surface area contributed by atoms with Crippen molar-refractivity contribution in [3.63, 3.8) is 0 Å². The van der Waals surface area contributed by atoms with Gasteiger partial charge in [-0.1, -0.05) is 18.6 Å². The zero-order chi connectivity index (χ0) is 17.0. The minimum atomic E-state index is -3.43. The van der Waals surface area contributed by atoms with Gasteiger partial charge in [-0.3, -0.25) is 4.79 Å². The van der Waals surface area contributed by atoms with Gasteiger partial charge in [-0.2, -0.15) is 4.31 Å². The Bertz CT molecular complexity index is 702. The average molecular weight is 340 g/mol. The third kappa shape index (κ3) is 4.52. The van der Waals surface area contributed by atoms with Gasteiger partial charge in [-0.25, -0.2) is 13.2 Å². The molecule has 7 nitrogen and oxygen atoms in total. The molecule has 1 aliphatic heterocycles. The number of rotatable bonds is 5. The van der Waals surface area contributed by atoms with Crippen LogP contribution in [0.4, 0.5) is 0 Å². The van der Waals surface area contributed by atoms with Crippen LogP contribution in [0.5, 0.6) is 0 Å². The van der Waals surface area contributed by atoms with Crippen LogP contribution in [0.3, 0.4) is 0 Å². The lowest BCUT2D eigenvalue weighted by Gasteiger charge is -2.32. The molecule has 0 saturated carbocycles. The predicted molar refractivity (Wildman–Crippen MR) is 84.4 cm³/mol. The van der Waals surface area contributed by atoms with Gasteiger partial charge in [0.2, 0.25) is 15.9 Å². The Labute approximate surface area is 135 Å². The maximum Gasteiger partial charge on any atom is 0.335 e. The Morgan fingerprint density at radius 3 is 2.74 bits per heavy atom. The SMILES string of the molecule is CS(=O)(=O)N1CCCC[C@@H]1C(=O)NCc1cccc(C(=O)O)c1. The van der Waals surface area contributed by atoms with E-state index in [2.05, 4.69) is 5.32 Å². The van der Waals surface area contributed by atoms with E-state index >= 15 is 0 Å². The Balaban J connectivity index is 2.03. The van der Waals surface area contributed by atoms with E-state index in [1.165, 1.54) is 16.4 Å². The minimum Gasteiger partial charge on any atom is -0.478 e. The van der Waals surface area contributed by atoms with Crippen molar-refractivity contribution in [3.8, 4) is 0 Å². The number of nitrogens with zero attached hydrogens (tertiary/aromatic N) is 1. The number of hydrogen-bond donors (Lipinski definition) is 2. The van der Waals surface area contributed by atoms with Gasteiger partial charge in [0, 0.05) is 13.1 Å². The number of nitrogens with one attached hydrogen (secondary N) is 1.